The lowest BCUT2D eigenvalue weighted by atomic mass is 9.78. The average Bonchev–Trinajstić information content (AvgIpc) is 2.17. The van der Waals surface area contributed by atoms with E-state index in [0.717, 1.165) is 44.9 Å². The zero-order valence-electron chi connectivity index (χ0n) is 10.9. The lowest BCUT2D eigenvalue weighted by Gasteiger charge is -2.46. The van der Waals surface area contributed by atoms with Gasteiger partial charge in [0.05, 0.1) is 5.92 Å². The molecule has 0 amide bonds. The Balaban J connectivity index is 1.77. The summed E-state index contributed by atoms with van der Waals surface area (Å²) in [5.41, 5.74) is 0. The Labute approximate surface area is 104 Å². The van der Waals surface area contributed by atoms with E-state index in [1.54, 1.807) is 0 Å². The van der Waals surface area contributed by atoms with Crippen LogP contribution < -0.4 is 0 Å². The van der Waals surface area contributed by atoms with E-state index in [9.17, 15) is 4.79 Å². The molecular weight excluding hydrogens is 216 g/mol. The van der Waals surface area contributed by atoms with Crippen molar-refractivity contribution in [2.45, 2.75) is 32.7 Å². The molecule has 0 spiro atoms. The van der Waals surface area contributed by atoms with E-state index >= 15 is 0 Å². The molecule has 1 aliphatic heterocycles. The van der Waals surface area contributed by atoms with Crippen molar-refractivity contribution in [2.75, 3.05) is 32.7 Å². The summed E-state index contributed by atoms with van der Waals surface area (Å²) >= 11 is 0. The van der Waals surface area contributed by atoms with Crippen LogP contribution in [0, 0.1) is 11.8 Å². The SMILES string of the molecule is CC(C)CN1CCN(C2CCC2C(=O)O)CC1. The van der Waals surface area contributed by atoms with Crippen LogP contribution in [-0.2, 0) is 4.79 Å². The molecule has 0 aromatic carbocycles. The van der Waals surface area contributed by atoms with Crippen molar-refractivity contribution in [1.82, 2.24) is 9.80 Å². The minimum atomic E-state index is -0.606. The van der Waals surface area contributed by atoms with E-state index in [-0.39, 0.29) is 5.92 Å². The molecule has 2 rings (SSSR count). The van der Waals surface area contributed by atoms with Crippen LogP contribution in [0.3, 0.4) is 0 Å². The molecule has 1 saturated carbocycles. The number of nitrogens with zero attached hydrogens (tertiary/aromatic N) is 2. The lowest BCUT2D eigenvalue weighted by molar-refractivity contribution is -0.149. The molecule has 0 aromatic heterocycles. The molecule has 2 aliphatic rings. The van der Waals surface area contributed by atoms with Crippen molar-refractivity contribution in [3.8, 4) is 0 Å². The maximum Gasteiger partial charge on any atom is 0.308 e. The first-order chi connectivity index (χ1) is 8.08. The second kappa shape index (κ2) is 5.36. The molecule has 1 heterocycles. The van der Waals surface area contributed by atoms with Gasteiger partial charge in [0.25, 0.3) is 0 Å². The van der Waals surface area contributed by atoms with E-state index in [1.807, 2.05) is 0 Å². The quantitative estimate of drug-likeness (QED) is 0.800. The van der Waals surface area contributed by atoms with E-state index in [0.29, 0.717) is 6.04 Å². The van der Waals surface area contributed by atoms with Gasteiger partial charge in [-0.05, 0) is 18.8 Å². The van der Waals surface area contributed by atoms with Gasteiger partial charge in [-0.1, -0.05) is 13.8 Å². The predicted octanol–water partition coefficient (Wildman–Crippen LogP) is 1.12. The topological polar surface area (TPSA) is 43.8 Å². The zero-order chi connectivity index (χ0) is 12.4. The van der Waals surface area contributed by atoms with Gasteiger partial charge >= 0.3 is 5.97 Å². The number of aliphatic carboxylic acids is 1. The van der Waals surface area contributed by atoms with Gasteiger partial charge in [0, 0.05) is 38.8 Å². The van der Waals surface area contributed by atoms with Gasteiger partial charge < -0.3 is 10.0 Å². The molecule has 98 valence electrons. The highest BCUT2D eigenvalue weighted by Crippen LogP contribution is 2.32. The predicted molar refractivity (Wildman–Crippen MR) is 67.0 cm³/mol. The highest BCUT2D eigenvalue weighted by Gasteiger charge is 2.40. The van der Waals surface area contributed by atoms with Crippen molar-refractivity contribution in [2.24, 2.45) is 11.8 Å². The van der Waals surface area contributed by atoms with Gasteiger partial charge in [0.2, 0.25) is 0 Å². The maximum absolute atomic E-state index is 11.0. The Bertz CT molecular complexity index is 273. The van der Waals surface area contributed by atoms with Crippen molar-refractivity contribution < 1.29 is 9.90 Å². The highest BCUT2D eigenvalue weighted by atomic mass is 16.4. The molecule has 2 atom stereocenters. The molecule has 4 nitrogen and oxygen atoms in total. The molecule has 0 bridgehead atoms. The third kappa shape index (κ3) is 2.99. The molecule has 2 fully saturated rings. The third-order valence-electron chi connectivity index (χ3n) is 4.05. The fourth-order valence-corrected chi connectivity index (χ4v) is 3.00. The fraction of sp³-hybridized carbons (Fsp3) is 0.923. The molecule has 17 heavy (non-hydrogen) atoms. The van der Waals surface area contributed by atoms with Crippen LogP contribution >= 0.6 is 0 Å². The summed E-state index contributed by atoms with van der Waals surface area (Å²) in [7, 11) is 0. The summed E-state index contributed by atoms with van der Waals surface area (Å²) in [6.45, 7) is 9.95. The van der Waals surface area contributed by atoms with E-state index < -0.39 is 5.97 Å². The smallest absolute Gasteiger partial charge is 0.308 e. The van der Waals surface area contributed by atoms with Crippen LogP contribution in [0.2, 0.25) is 0 Å². The van der Waals surface area contributed by atoms with Crippen molar-refractivity contribution >= 4 is 5.97 Å². The number of rotatable bonds is 4. The van der Waals surface area contributed by atoms with Crippen molar-refractivity contribution in [3.63, 3.8) is 0 Å². The zero-order valence-corrected chi connectivity index (χ0v) is 10.9. The summed E-state index contributed by atoms with van der Waals surface area (Å²) in [6.07, 6.45) is 1.94. The van der Waals surface area contributed by atoms with Crippen LogP contribution in [0.5, 0.6) is 0 Å². The number of hydrogen-bond acceptors (Lipinski definition) is 3. The molecule has 0 aromatic rings. The van der Waals surface area contributed by atoms with Crippen LogP contribution in [0.25, 0.3) is 0 Å². The summed E-state index contributed by atoms with van der Waals surface area (Å²) in [4.78, 5) is 15.9. The van der Waals surface area contributed by atoms with E-state index in [4.69, 9.17) is 5.11 Å². The summed E-state index contributed by atoms with van der Waals surface area (Å²) < 4.78 is 0. The molecule has 4 heteroatoms. The van der Waals surface area contributed by atoms with Gasteiger partial charge in [0.1, 0.15) is 0 Å². The number of carboxylic acids is 1. The minimum Gasteiger partial charge on any atom is -0.481 e. The van der Waals surface area contributed by atoms with Crippen LogP contribution in [-0.4, -0.2) is 59.6 Å². The van der Waals surface area contributed by atoms with Crippen molar-refractivity contribution in [3.05, 3.63) is 0 Å². The number of piperazine rings is 1. The fourth-order valence-electron chi connectivity index (χ4n) is 3.00. The normalized spacial score (nSPS) is 31.5. The molecule has 1 aliphatic carbocycles. The van der Waals surface area contributed by atoms with Gasteiger partial charge in [-0.3, -0.25) is 9.69 Å². The maximum atomic E-state index is 11.0. The number of carbonyl (C=O) groups is 1. The molecular formula is C13H24N2O2. The van der Waals surface area contributed by atoms with Gasteiger partial charge in [-0.15, -0.1) is 0 Å². The summed E-state index contributed by atoms with van der Waals surface area (Å²) in [5, 5.41) is 9.07. The Morgan fingerprint density at radius 3 is 2.29 bits per heavy atom. The van der Waals surface area contributed by atoms with Gasteiger partial charge in [-0.2, -0.15) is 0 Å². The van der Waals surface area contributed by atoms with Crippen molar-refractivity contribution in [1.29, 1.82) is 0 Å². The largest absolute Gasteiger partial charge is 0.481 e. The van der Waals surface area contributed by atoms with Crippen LogP contribution in [0.4, 0.5) is 0 Å². The van der Waals surface area contributed by atoms with Gasteiger partial charge in [-0.25, -0.2) is 0 Å². The first-order valence-corrected chi connectivity index (χ1v) is 6.77. The summed E-state index contributed by atoms with van der Waals surface area (Å²) in [5.74, 6) is 0.00882. The number of hydrogen-bond donors (Lipinski definition) is 1. The molecule has 2 unspecified atom stereocenters. The Morgan fingerprint density at radius 2 is 1.88 bits per heavy atom. The minimum absolute atomic E-state index is 0.105. The molecule has 0 radical (unpaired) electrons. The van der Waals surface area contributed by atoms with E-state index in [2.05, 4.69) is 23.6 Å². The molecule has 1 N–H and O–H groups in total. The third-order valence-corrected chi connectivity index (χ3v) is 4.05. The lowest BCUT2D eigenvalue weighted by Crippen LogP contribution is -2.57. The first-order valence-electron chi connectivity index (χ1n) is 6.77. The highest BCUT2D eigenvalue weighted by molar-refractivity contribution is 5.72. The van der Waals surface area contributed by atoms with Crippen LogP contribution in [0.1, 0.15) is 26.7 Å². The first kappa shape index (κ1) is 12.8. The second-order valence-corrected chi connectivity index (χ2v) is 5.82. The second-order valence-electron chi connectivity index (χ2n) is 5.82. The standard InChI is InChI=1S/C13H24N2O2/c1-10(2)9-14-5-7-15(8-6-14)12-4-3-11(12)13(16)17/h10-12H,3-9H2,1-2H3,(H,16,17). The monoisotopic (exact) mass is 240 g/mol. The number of carboxylic acid groups (broad SMARTS) is 1. The van der Waals surface area contributed by atoms with E-state index in [1.165, 1.54) is 6.54 Å². The Morgan fingerprint density at radius 1 is 1.24 bits per heavy atom. The molecule has 1 saturated heterocycles. The van der Waals surface area contributed by atoms with Gasteiger partial charge in [0.15, 0.2) is 0 Å². The average molecular weight is 240 g/mol. The Hall–Kier alpha value is -0.610. The summed E-state index contributed by atoms with van der Waals surface area (Å²) in [6, 6.07) is 0.314. The Kier molecular flexibility index (Phi) is 4.05. The van der Waals surface area contributed by atoms with Crippen LogP contribution in [0.15, 0.2) is 0 Å².